The van der Waals surface area contributed by atoms with Gasteiger partial charge in [0.15, 0.2) is 0 Å². The monoisotopic (exact) mass is 400 g/mol. The Morgan fingerprint density at radius 1 is 0.821 bits per heavy atom. The number of phosphoric acid groups is 1. The van der Waals surface area contributed by atoms with Gasteiger partial charge in [-0.3, -0.25) is 0 Å². The molecule has 0 aliphatic heterocycles. The molecule has 5 nitrogen and oxygen atoms in total. The fraction of sp³-hybridized carbons (Fsp3) is 0.0909. The Morgan fingerprint density at radius 2 is 1.21 bits per heavy atom. The Balaban J connectivity index is 0.000000233. The smallest absolute Gasteiger partial charge is 0.457 e. The highest BCUT2D eigenvalue weighted by Gasteiger charge is 2.00. The fourth-order valence-corrected chi connectivity index (χ4v) is 2.17. The average Bonchev–Trinajstić information content (AvgIpc) is 2.69. The van der Waals surface area contributed by atoms with Crippen LogP contribution in [0.3, 0.4) is 0 Å². The molecule has 0 fully saturated rings. The molecule has 0 radical (unpaired) electrons. The Labute approximate surface area is 165 Å². The van der Waals surface area contributed by atoms with Gasteiger partial charge in [0, 0.05) is 0 Å². The van der Waals surface area contributed by atoms with E-state index in [9.17, 15) is 0 Å². The third kappa shape index (κ3) is 11.1. The van der Waals surface area contributed by atoms with Crippen molar-refractivity contribution in [1.29, 1.82) is 0 Å². The largest absolute Gasteiger partial charge is 0.466 e. The molecular weight excluding hydrogens is 375 g/mol. The molecule has 3 N–H and O–H groups in total. The van der Waals surface area contributed by atoms with E-state index in [0.717, 1.165) is 17.9 Å². The highest BCUT2D eigenvalue weighted by Crippen LogP contribution is 2.25. The molecule has 0 aliphatic rings. The van der Waals surface area contributed by atoms with Crippen LogP contribution in [0.4, 0.5) is 0 Å². The number of ether oxygens (including phenoxy) is 1. The van der Waals surface area contributed by atoms with E-state index in [1.165, 1.54) is 11.1 Å². The molecule has 3 aromatic carbocycles. The van der Waals surface area contributed by atoms with E-state index in [-0.39, 0.29) is 0 Å². The van der Waals surface area contributed by atoms with E-state index < -0.39 is 7.82 Å². The second-order valence-corrected chi connectivity index (χ2v) is 6.52. The van der Waals surface area contributed by atoms with Gasteiger partial charge in [0.05, 0.1) is 0 Å². The molecule has 0 spiro atoms. The first kappa shape index (κ1) is 23.3. The van der Waals surface area contributed by atoms with Crippen LogP contribution >= 0.6 is 7.82 Å². The lowest BCUT2D eigenvalue weighted by Gasteiger charge is -2.03. The summed E-state index contributed by atoms with van der Waals surface area (Å²) >= 11 is 0. The molecule has 0 atom stereocenters. The number of benzene rings is 3. The van der Waals surface area contributed by atoms with Gasteiger partial charge in [0.1, 0.15) is 11.5 Å². The molecule has 3 aromatic rings. The standard InChI is InChI=1S/C12H10O.C10H12.H3O4P/c1-3-7-11(8-4-1)13-12-9-5-2-6-10-12;1-3-9-7-5-6-8-10(9)4-2;1-5(2,3)4/h1-10H;3,5-8H,1,4H2,2H3;(H3,1,2,3,4). The van der Waals surface area contributed by atoms with Crippen molar-refractivity contribution in [2.75, 3.05) is 0 Å². The molecule has 0 unspecified atom stereocenters. The Hall–Kier alpha value is -2.69. The predicted molar refractivity (Wildman–Crippen MR) is 113 cm³/mol. The summed E-state index contributed by atoms with van der Waals surface area (Å²) in [6.45, 7) is 5.89. The SMILES string of the molecule is C=Cc1ccccc1CC.O=P(O)(O)O.c1ccc(Oc2ccccc2)cc1. The molecule has 148 valence electrons. The molecular formula is C22H25O5P. The Morgan fingerprint density at radius 3 is 1.57 bits per heavy atom. The zero-order valence-electron chi connectivity index (χ0n) is 15.7. The van der Waals surface area contributed by atoms with E-state index in [2.05, 4.69) is 31.7 Å². The van der Waals surface area contributed by atoms with Gasteiger partial charge in [0.2, 0.25) is 0 Å². The highest BCUT2D eigenvalue weighted by molar-refractivity contribution is 7.45. The van der Waals surface area contributed by atoms with E-state index >= 15 is 0 Å². The van der Waals surface area contributed by atoms with Crippen LogP contribution in [0.1, 0.15) is 18.1 Å². The molecule has 28 heavy (non-hydrogen) atoms. The lowest BCUT2D eigenvalue weighted by atomic mass is 10.1. The molecule has 0 bridgehead atoms. The minimum atomic E-state index is -4.64. The molecule has 0 amide bonds. The van der Waals surface area contributed by atoms with Gasteiger partial charge < -0.3 is 19.4 Å². The Kier molecular flexibility index (Phi) is 10.6. The summed E-state index contributed by atoms with van der Waals surface area (Å²) in [4.78, 5) is 21.6. The highest BCUT2D eigenvalue weighted by atomic mass is 31.2. The van der Waals surface area contributed by atoms with Gasteiger partial charge >= 0.3 is 7.82 Å². The van der Waals surface area contributed by atoms with Crippen molar-refractivity contribution < 1.29 is 24.0 Å². The summed E-state index contributed by atoms with van der Waals surface area (Å²) in [5.41, 5.74) is 2.63. The maximum Gasteiger partial charge on any atom is 0.466 e. The zero-order valence-corrected chi connectivity index (χ0v) is 16.6. The lowest BCUT2D eigenvalue weighted by Crippen LogP contribution is -1.83. The van der Waals surface area contributed by atoms with Crippen molar-refractivity contribution in [3.05, 3.63) is 103 Å². The first-order valence-electron chi connectivity index (χ1n) is 8.60. The topological polar surface area (TPSA) is 87.0 Å². The van der Waals surface area contributed by atoms with Gasteiger partial charge in [0.25, 0.3) is 0 Å². The molecule has 6 heteroatoms. The number of hydrogen-bond acceptors (Lipinski definition) is 2. The minimum absolute atomic E-state index is 0.869. The van der Waals surface area contributed by atoms with Crippen molar-refractivity contribution >= 4 is 13.9 Å². The summed E-state index contributed by atoms with van der Waals surface area (Å²) in [6.07, 6.45) is 2.99. The first-order valence-corrected chi connectivity index (χ1v) is 10.2. The third-order valence-corrected chi connectivity index (χ3v) is 3.38. The maximum atomic E-state index is 8.88. The van der Waals surface area contributed by atoms with Crippen LogP contribution in [0.15, 0.2) is 91.5 Å². The quantitative estimate of drug-likeness (QED) is 0.508. The van der Waals surface area contributed by atoms with Gasteiger partial charge in [-0.05, 0) is 41.8 Å². The van der Waals surface area contributed by atoms with Crippen molar-refractivity contribution in [2.45, 2.75) is 13.3 Å². The lowest BCUT2D eigenvalue weighted by molar-refractivity contribution is 0.275. The second kappa shape index (κ2) is 12.7. The summed E-state index contributed by atoms with van der Waals surface area (Å²) in [5, 5.41) is 0. The van der Waals surface area contributed by atoms with E-state index in [1.807, 2.05) is 72.8 Å². The van der Waals surface area contributed by atoms with Gasteiger partial charge in [-0.1, -0.05) is 80.2 Å². The summed E-state index contributed by atoms with van der Waals surface area (Å²) in [6, 6.07) is 27.8. The van der Waals surface area contributed by atoms with E-state index in [1.54, 1.807) is 0 Å². The summed E-state index contributed by atoms with van der Waals surface area (Å²) in [7, 11) is -4.64. The molecule has 0 saturated heterocycles. The Bertz CT molecular complexity index is 815. The van der Waals surface area contributed by atoms with Crippen molar-refractivity contribution in [3.63, 3.8) is 0 Å². The first-order chi connectivity index (χ1) is 13.3. The van der Waals surface area contributed by atoms with Crippen molar-refractivity contribution in [2.24, 2.45) is 0 Å². The van der Waals surface area contributed by atoms with Gasteiger partial charge in [-0.15, -0.1) is 0 Å². The molecule has 0 aliphatic carbocycles. The van der Waals surface area contributed by atoms with Crippen molar-refractivity contribution in [1.82, 2.24) is 0 Å². The average molecular weight is 400 g/mol. The van der Waals surface area contributed by atoms with Crippen molar-refractivity contribution in [3.8, 4) is 11.5 Å². The van der Waals surface area contributed by atoms with Crippen LogP contribution in [0.2, 0.25) is 0 Å². The number of rotatable bonds is 4. The fourth-order valence-electron chi connectivity index (χ4n) is 2.17. The van der Waals surface area contributed by atoms with Crippen LogP contribution < -0.4 is 4.74 Å². The van der Waals surface area contributed by atoms with E-state index in [0.29, 0.717) is 0 Å². The molecule has 0 saturated carbocycles. The number of para-hydroxylation sites is 2. The van der Waals surface area contributed by atoms with Gasteiger partial charge in [-0.25, -0.2) is 4.57 Å². The van der Waals surface area contributed by atoms with Crippen LogP contribution in [-0.4, -0.2) is 14.7 Å². The second-order valence-electron chi connectivity index (χ2n) is 5.50. The normalized spacial score (nSPS) is 9.86. The summed E-state index contributed by atoms with van der Waals surface area (Å²) in [5.74, 6) is 1.74. The molecule has 0 heterocycles. The van der Waals surface area contributed by atoms with Crippen LogP contribution in [0, 0.1) is 0 Å². The van der Waals surface area contributed by atoms with Gasteiger partial charge in [-0.2, -0.15) is 0 Å². The maximum absolute atomic E-state index is 8.88. The van der Waals surface area contributed by atoms with Crippen LogP contribution in [0.25, 0.3) is 6.08 Å². The number of aryl methyl sites for hydroxylation is 1. The molecule has 3 rings (SSSR count). The van der Waals surface area contributed by atoms with Crippen LogP contribution in [0.5, 0.6) is 11.5 Å². The zero-order chi connectivity index (χ0) is 20.8. The molecule has 0 aromatic heterocycles. The predicted octanol–water partition coefficient (Wildman–Crippen LogP) is 5.44. The van der Waals surface area contributed by atoms with E-state index in [4.69, 9.17) is 24.0 Å². The summed E-state index contributed by atoms with van der Waals surface area (Å²) < 4.78 is 14.5. The minimum Gasteiger partial charge on any atom is -0.457 e. The van der Waals surface area contributed by atoms with Crippen LogP contribution in [-0.2, 0) is 11.0 Å². The number of hydrogen-bond donors (Lipinski definition) is 3. The third-order valence-electron chi connectivity index (χ3n) is 3.38.